The first-order valence-corrected chi connectivity index (χ1v) is 7.11. The molecule has 4 nitrogen and oxygen atoms in total. The summed E-state index contributed by atoms with van der Waals surface area (Å²) in [5.41, 5.74) is 0.862. The maximum Gasteiger partial charge on any atom is 0.326 e. The zero-order valence-corrected chi connectivity index (χ0v) is 12.4. The maximum atomic E-state index is 11.8. The summed E-state index contributed by atoms with van der Waals surface area (Å²) in [6, 6.07) is 6.53. The fourth-order valence-electron chi connectivity index (χ4n) is 2.19. The quantitative estimate of drug-likeness (QED) is 0.851. The van der Waals surface area contributed by atoms with E-state index in [1.807, 2.05) is 24.3 Å². The summed E-state index contributed by atoms with van der Waals surface area (Å²) in [6.45, 7) is 0.293. The second kappa shape index (κ2) is 5.92. The van der Waals surface area contributed by atoms with Crippen LogP contribution in [0.4, 0.5) is 0 Å². The van der Waals surface area contributed by atoms with Crippen molar-refractivity contribution in [1.82, 2.24) is 4.90 Å². The van der Waals surface area contributed by atoms with E-state index in [9.17, 15) is 14.7 Å². The molecule has 0 aromatic heterocycles. The van der Waals surface area contributed by atoms with E-state index in [0.717, 1.165) is 10.0 Å². The highest BCUT2D eigenvalue weighted by Gasteiger charge is 2.37. The molecular weight excluding hydrogens is 334 g/mol. The van der Waals surface area contributed by atoms with Gasteiger partial charge in [0.2, 0.25) is 5.91 Å². The largest absolute Gasteiger partial charge is 0.480 e. The lowest BCUT2D eigenvalue weighted by Gasteiger charge is -2.24. The smallest absolute Gasteiger partial charge is 0.326 e. The number of carboxylic acid groups (broad SMARTS) is 1. The van der Waals surface area contributed by atoms with Gasteiger partial charge >= 0.3 is 5.97 Å². The zero-order chi connectivity index (χ0) is 14.0. The number of carbonyl (C=O) groups excluding carboxylic acids is 1. The number of aliphatic carboxylic acids is 1. The average Bonchev–Trinajstić information content (AvgIpc) is 2.67. The van der Waals surface area contributed by atoms with Gasteiger partial charge in [-0.2, -0.15) is 0 Å². The Kier molecular flexibility index (Phi) is 4.47. The topological polar surface area (TPSA) is 57.6 Å². The van der Waals surface area contributed by atoms with Crippen molar-refractivity contribution in [3.05, 3.63) is 34.3 Å². The first kappa shape index (κ1) is 14.3. The molecule has 2 rings (SSSR count). The molecule has 1 fully saturated rings. The van der Waals surface area contributed by atoms with Gasteiger partial charge in [-0.25, -0.2) is 4.79 Å². The molecule has 0 saturated carbocycles. The number of benzene rings is 1. The van der Waals surface area contributed by atoms with Gasteiger partial charge in [0.15, 0.2) is 0 Å². The van der Waals surface area contributed by atoms with Gasteiger partial charge in [0.1, 0.15) is 6.04 Å². The summed E-state index contributed by atoms with van der Waals surface area (Å²) in [7, 11) is 0. The van der Waals surface area contributed by atoms with Gasteiger partial charge in [-0.1, -0.05) is 34.1 Å². The van der Waals surface area contributed by atoms with Gasteiger partial charge in [-0.15, -0.1) is 11.6 Å². The van der Waals surface area contributed by atoms with E-state index < -0.39 is 12.0 Å². The van der Waals surface area contributed by atoms with Gasteiger partial charge in [-0.3, -0.25) is 4.79 Å². The van der Waals surface area contributed by atoms with Crippen LogP contribution in [-0.4, -0.2) is 39.8 Å². The standard InChI is InChI=1S/C13H13BrClNO3/c14-10-4-2-1-3-8(10)5-11(13(18)19)16-7-9(15)6-12(16)17/h1-4,9,11H,5-7H2,(H,18,19)/t9?,11-/m0/s1. The van der Waals surface area contributed by atoms with Crippen LogP contribution in [0.5, 0.6) is 0 Å². The molecule has 0 bridgehead atoms. The molecule has 1 saturated heterocycles. The molecule has 0 radical (unpaired) electrons. The number of likely N-dealkylation sites (tertiary alicyclic amines) is 1. The summed E-state index contributed by atoms with van der Waals surface area (Å²) in [4.78, 5) is 24.5. The molecule has 1 aliphatic rings. The van der Waals surface area contributed by atoms with E-state index in [-0.39, 0.29) is 24.1 Å². The van der Waals surface area contributed by atoms with Crippen LogP contribution in [0.25, 0.3) is 0 Å². The van der Waals surface area contributed by atoms with E-state index in [1.54, 1.807) is 0 Å². The second-order valence-electron chi connectivity index (χ2n) is 4.50. The Morgan fingerprint density at radius 2 is 2.21 bits per heavy atom. The molecule has 19 heavy (non-hydrogen) atoms. The van der Waals surface area contributed by atoms with Crippen molar-refractivity contribution in [2.75, 3.05) is 6.54 Å². The van der Waals surface area contributed by atoms with E-state index in [4.69, 9.17) is 11.6 Å². The Balaban J connectivity index is 2.20. The number of carboxylic acids is 1. The molecule has 2 atom stereocenters. The first-order chi connectivity index (χ1) is 8.99. The van der Waals surface area contributed by atoms with Gasteiger partial charge in [0.25, 0.3) is 0 Å². The summed E-state index contributed by atoms with van der Waals surface area (Å²) in [5.74, 6) is -1.20. The van der Waals surface area contributed by atoms with Crippen molar-refractivity contribution >= 4 is 39.4 Å². The van der Waals surface area contributed by atoms with Crippen LogP contribution in [0.3, 0.4) is 0 Å². The molecule has 6 heteroatoms. The molecule has 102 valence electrons. The number of alkyl halides is 1. The molecule has 1 heterocycles. The SMILES string of the molecule is O=C(O)[C@H](Cc1ccccc1Br)N1CC(Cl)CC1=O. The Morgan fingerprint density at radius 1 is 1.53 bits per heavy atom. The highest BCUT2D eigenvalue weighted by Crippen LogP contribution is 2.24. The lowest BCUT2D eigenvalue weighted by Crippen LogP contribution is -2.43. The second-order valence-corrected chi connectivity index (χ2v) is 5.97. The highest BCUT2D eigenvalue weighted by molar-refractivity contribution is 9.10. The highest BCUT2D eigenvalue weighted by atomic mass is 79.9. The fourth-order valence-corrected chi connectivity index (χ4v) is 2.92. The van der Waals surface area contributed by atoms with Gasteiger partial charge in [-0.05, 0) is 11.6 Å². The van der Waals surface area contributed by atoms with Crippen LogP contribution in [-0.2, 0) is 16.0 Å². The van der Waals surface area contributed by atoms with Crippen molar-refractivity contribution in [2.24, 2.45) is 0 Å². The summed E-state index contributed by atoms with van der Waals surface area (Å²) < 4.78 is 0.843. The van der Waals surface area contributed by atoms with Gasteiger partial charge in [0.05, 0.1) is 5.38 Å². The maximum absolute atomic E-state index is 11.8. The monoisotopic (exact) mass is 345 g/mol. The average molecular weight is 347 g/mol. The van der Waals surface area contributed by atoms with Crippen LogP contribution in [0.2, 0.25) is 0 Å². The van der Waals surface area contributed by atoms with Crippen LogP contribution < -0.4 is 0 Å². The normalized spacial score (nSPS) is 20.6. The zero-order valence-electron chi connectivity index (χ0n) is 10.1. The predicted molar refractivity (Wildman–Crippen MR) is 75.2 cm³/mol. The minimum absolute atomic E-state index is 0.195. The number of hydrogen-bond donors (Lipinski definition) is 1. The van der Waals surface area contributed by atoms with E-state index >= 15 is 0 Å². The Bertz CT molecular complexity index is 508. The van der Waals surface area contributed by atoms with Gasteiger partial charge < -0.3 is 10.0 Å². The van der Waals surface area contributed by atoms with E-state index in [1.165, 1.54) is 4.90 Å². The molecule has 1 aliphatic heterocycles. The lowest BCUT2D eigenvalue weighted by atomic mass is 10.1. The predicted octanol–water partition coefficient (Wildman–Crippen LogP) is 2.28. The van der Waals surface area contributed by atoms with Crippen molar-refractivity contribution in [1.29, 1.82) is 0 Å². The number of rotatable bonds is 4. The van der Waals surface area contributed by atoms with Gasteiger partial charge in [0, 0.05) is 23.9 Å². The molecule has 1 N–H and O–H groups in total. The molecule has 0 aliphatic carbocycles. The molecule has 1 amide bonds. The minimum Gasteiger partial charge on any atom is -0.480 e. The Hall–Kier alpha value is -1.07. The van der Waals surface area contributed by atoms with Crippen LogP contribution in [0.15, 0.2) is 28.7 Å². The summed E-state index contributed by atoms with van der Waals surface area (Å²) in [6.07, 6.45) is 0.480. The minimum atomic E-state index is -1.00. The van der Waals surface area contributed by atoms with Crippen molar-refractivity contribution in [2.45, 2.75) is 24.3 Å². The van der Waals surface area contributed by atoms with Crippen LogP contribution in [0.1, 0.15) is 12.0 Å². The Morgan fingerprint density at radius 3 is 2.74 bits per heavy atom. The molecule has 1 unspecified atom stereocenters. The number of carbonyl (C=O) groups is 2. The molecule has 1 aromatic carbocycles. The third-order valence-corrected chi connectivity index (χ3v) is 4.21. The summed E-state index contributed by atoms with van der Waals surface area (Å²) in [5, 5.41) is 9.04. The summed E-state index contributed by atoms with van der Waals surface area (Å²) >= 11 is 9.31. The number of halogens is 2. The van der Waals surface area contributed by atoms with Crippen LogP contribution in [0, 0.1) is 0 Å². The molecule has 1 aromatic rings. The lowest BCUT2D eigenvalue weighted by molar-refractivity contribution is -0.148. The number of amides is 1. The van der Waals surface area contributed by atoms with Crippen molar-refractivity contribution in [3.63, 3.8) is 0 Å². The third kappa shape index (κ3) is 3.28. The van der Waals surface area contributed by atoms with Crippen LogP contribution >= 0.6 is 27.5 Å². The van der Waals surface area contributed by atoms with E-state index in [0.29, 0.717) is 6.54 Å². The third-order valence-electron chi connectivity index (χ3n) is 3.14. The first-order valence-electron chi connectivity index (χ1n) is 5.88. The molecular formula is C13H13BrClNO3. The van der Waals surface area contributed by atoms with E-state index in [2.05, 4.69) is 15.9 Å². The fraction of sp³-hybridized carbons (Fsp3) is 0.385. The number of hydrogen-bond acceptors (Lipinski definition) is 2. The van der Waals surface area contributed by atoms with Crippen molar-refractivity contribution < 1.29 is 14.7 Å². The number of nitrogens with zero attached hydrogens (tertiary/aromatic N) is 1. The Labute approximate surface area is 124 Å². The van der Waals surface area contributed by atoms with Crippen molar-refractivity contribution in [3.8, 4) is 0 Å². The molecule has 0 spiro atoms.